The molecule has 5 nitrogen and oxygen atoms in total. The molecule has 31 heavy (non-hydrogen) atoms. The normalized spacial score (nSPS) is 16.9. The minimum Gasteiger partial charge on any atom is -0.324 e. The molecule has 0 fully saturated rings. The van der Waals surface area contributed by atoms with Gasteiger partial charge in [0.05, 0.1) is 24.3 Å². The summed E-state index contributed by atoms with van der Waals surface area (Å²) in [5, 5.41) is 5.53. The number of nitrogens with one attached hydrogen (secondary N) is 1. The smallest absolute Gasteiger partial charge is 0.324 e. The fraction of sp³-hybridized carbons (Fsp3) is 0.273. The van der Waals surface area contributed by atoms with Crippen molar-refractivity contribution < 1.29 is 22.8 Å². The summed E-state index contributed by atoms with van der Waals surface area (Å²) in [6, 6.07) is 11.7. The maximum absolute atomic E-state index is 13.8. The fourth-order valence-electron chi connectivity index (χ4n) is 3.80. The first kappa shape index (κ1) is 21.3. The standard InChI is InChI=1S/C22H20F3N3O2S/c1-27(11-14-13-31-18-9-5-2-6-15(14)18)12-21(30)28-17-8-4-3-7-16(17)26-20(29)10-19(28)22(23,24)25/h2-9,13,19H,10-12H2,1H3,(H,26,29). The number of alkyl halides is 3. The molecule has 1 unspecified atom stereocenters. The third kappa shape index (κ3) is 4.42. The van der Waals surface area contributed by atoms with Gasteiger partial charge in [-0.15, -0.1) is 11.3 Å². The Labute approximate surface area is 181 Å². The summed E-state index contributed by atoms with van der Waals surface area (Å²) in [6.07, 6.45) is -5.59. The van der Waals surface area contributed by atoms with Gasteiger partial charge in [0, 0.05) is 11.2 Å². The number of anilines is 2. The molecule has 162 valence electrons. The third-order valence-electron chi connectivity index (χ3n) is 5.18. The molecule has 2 heterocycles. The van der Waals surface area contributed by atoms with Crippen molar-refractivity contribution in [1.82, 2.24) is 4.90 Å². The number of fused-ring (bicyclic) bond motifs is 2. The van der Waals surface area contributed by atoms with Crippen molar-refractivity contribution >= 4 is 44.6 Å². The van der Waals surface area contributed by atoms with Crippen LogP contribution in [0.15, 0.2) is 53.9 Å². The van der Waals surface area contributed by atoms with Crippen LogP contribution in [0.4, 0.5) is 24.5 Å². The topological polar surface area (TPSA) is 52.7 Å². The molecule has 0 saturated heterocycles. The molecular weight excluding hydrogens is 427 g/mol. The number of nitrogens with zero attached hydrogens (tertiary/aromatic N) is 2. The lowest BCUT2D eigenvalue weighted by Gasteiger charge is -2.33. The van der Waals surface area contributed by atoms with Crippen LogP contribution in [0, 0.1) is 0 Å². The zero-order chi connectivity index (χ0) is 22.2. The molecule has 1 N–H and O–H groups in total. The number of halogens is 3. The molecule has 3 aromatic rings. The third-order valence-corrected chi connectivity index (χ3v) is 6.19. The summed E-state index contributed by atoms with van der Waals surface area (Å²) in [5.41, 5.74) is 1.26. The van der Waals surface area contributed by atoms with E-state index in [1.807, 2.05) is 29.6 Å². The lowest BCUT2D eigenvalue weighted by Crippen LogP contribution is -2.52. The molecule has 0 radical (unpaired) electrons. The predicted octanol–water partition coefficient (Wildman–Crippen LogP) is 4.64. The summed E-state index contributed by atoms with van der Waals surface area (Å²) in [7, 11) is 1.69. The van der Waals surface area contributed by atoms with Gasteiger partial charge in [0.15, 0.2) is 0 Å². The Morgan fingerprint density at radius 3 is 2.68 bits per heavy atom. The summed E-state index contributed by atoms with van der Waals surface area (Å²) in [5.74, 6) is -1.49. The van der Waals surface area contributed by atoms with Crippen LogP contribution < -0.4 is 10.2 Å². The lowest BCUT2D eigenvalue weighted by molar-refractivity contribution is -0.158. The van der Waals surface area contributed by atoms with Crippen molar-refractivity contribution in [3.8, 4) is 0 Å². The number of para-hydroxylation sites is 2. The first-order valence-electron chi connectivity index (χ1n) is 9.65. The van der Waals surface area contributed by atoms with E-state index in [1.165, 1.54) is 12.1 Å². The van der Waals surface area contributed by atoms with Gasteiger partial charge in [0.1, 0.15) is 6.04 Å². The highest BCUT2D eigenvalue weighted by atomic mass is 32.1. The first-order chi connectivity index (χ1) is 14.7. The Balaban J connectivity index is 1.60. The van der Waals surface area contributed by atoms with Crippen molar-refractivity contribution in [2.45, 2.75) is 25.2 Å². The van der Waals surface area contributed by atoms with E-state index in [-0.39, 0.29) is 17.9 Å². The van der Waals surface area contributed by atoms with Crippen LogP contribution in [-0.4, -0.2) is 42.5 Å². The van der Waals surface area contributed by atoms with E-state index >= 15 is 0 Å². The van der Waals surface area contributed by atoms with Gasteiger partial charge in [-0.05, 0) is 41.6 Å². The highest BCUT2D eigenvalue weighted by Gasteiger charge is 2.49. The van der Waals surface area contributed by atoms with Gasteiger partial charge in [-0.25, -0.2) is 0 Å². The van der Waals surface area contributed by atoms with Gasteiger partial charge in [-0.3, -0.25) is 19.4 Å². The minimum absolute atomic E-state index is 0.0510. The molecule has 0 bridgehead atoms. The number of thiophene rings is 1. The monoisotopic (exact) mass is 447 g/mol. The largest absolute Gasteiger partial charge is 0.409 e. The van der Waals surface area contributed by atoms with E-state index in [2.05, 4.69) is 5.32 Å². The summed E-state index contributed by atoms with van der Waals surface area (Å²) < 4.78 is 42.6. The molecule has 1 atom stereocenters. The maximum atomic E-state index is 13.8. The van der Waals surface area contributed by atoms with Crippen molar-refractivity contribution in [2.24, 2.45) is 0 Å². The number of hydrogen-bond donors (Lipinski definition) is 1. The highest BCUT2D eigenvalue weighted by molar-refractivity contribution is 7.17. The minimum atomic E-state index is -4.74. The molecule has 0 spiro atoms. The second kappa shape index (κ2) is 8.32. The number of carbonyl (C=O) groups is 2. The summed E-state index contributed by atoms with van der Waals surface area (Å²) >= 11 is 1.58. The predicted molar refractivity (Wildman–Crippen MR) is 115 cm³/mol. The molecular formula is C22H20F3N3O2S. The lowest BCUT2D eigenvalue weighted by atomic mass is 10.1. The molecule has 9 heteroatoms. The zero-order valence-corrected chi connectivity index (χ0v) is 17.5. The quantitative estimate of drug-likeness (QED) is 0.634. The van der Waals surface area contributed by atoms with Gasteiger partial charge < -0.3 is 5.32 Å². The molecule has 4 rings (SSSR count). The summed E-state index contributed by atoms with van der Waals surface area (Å²) in [6.45, 7) is 0.193. The van der Waals surface area contributed by atoms with Gasteiger partial charge in [-0.2, -0.15) is 13.2 Å². The molecule has 2 aromatic carbocycles. The van der Waals surface area contributed by atoms with Crippen LogP contribution >= 0.6 is 11.3 Å². The average molecular weight is 447 g/mol. The maximum Gasteiger partial charge on any atom is 0.409 e. The molecule has 2 amide bonds. The highest BCUT2D eigenvalue weighted by Crippen LogP contribution is 2.37. The molecule has 0 aliphatic carbocycles. The van der Waals surface area contributed by atoms with E-state index in [9.17, 15) is 22.8 Å². The van der Waals surface area contributed by atoms with Gasteiger partial charge >= 0.3 is 6.18 Å². The second-order valence-corrected chi connectivity index (χ2v) is 8.43. The number of amides is 2. The fourth-order valence-corrected chi connectivity index (χ4v) is 4.76. The number of carbonyl (C=O) groups excluding carboxylic acids is 2. The van der Waals surface area contributed by atoms with E-state index < -0.39 is 30.5 Å². The van der Waals surface area contributed by atoms with E-state index in [0.717, 1.165) is 20.5 Å². The van der Waals surface area contributed by atoms with Crippen LogP contribution in [-0.2, 0) is 16.1 Å². The Hall–Kier alpha value is -2.91. The molecule has 0 saturated carbocycles. The van der Waals surface area contributed by atoms with E-state index in [1.54, 1.807) is 35.4 Å². The van der Waals surface area contributed by atoms with E-state index in [4.69, 9.17) is 0 Å². The van der Waals surface area contributed by atoms with Crippen molar-refractivity contribution in [3.05, 3.63) is 59.5 Å². The average Bonchev–Trinajstić information content (AvgIpc) is 3.02. The van der Waals surface area contributed by atoms with Crippen LogP contribution in [0.1, 0.15) is 12.0 Å². The van der Waals surface area contributed by atoms with Gasteiger partial charge in [0.2, 0.25) is 11.8 Å². The van der Waals surface area contributed by atoms with Crippen LogP contribution in [0.2, 0.25) is 0 Å². The number of likely N-dealkylation sites (N-methyl/N-ethyl adjacent to an activating group) is 1. The second-order valence-electron chi connectivity index (χ2n) is 7.52. The van der Waals surface area contributed by atoms with Crippen molar-refractivity contribution in [1.29, 1.82) is 0 Å². The van der Waals surface area contributed by atoms with Crippen LogP contribution in [0.3, 0.4) is 0 Å². The van der Waals surface area contributed by atoms with Crippen LogP contribution in [0.25, 0.3) is 10.1 Å². The Bertz CT molecular complexity index is 1130. The van der Waals surface area contributed by atoms with Gasteiger partial charge in [-0.1, -0.05) is 30.3 Å². The number of hydrogen-bond acceptors (Lipinski definition) is 4. The SMILES string of the molecule is CN(CC(=O)N1c2ccccc2NC(=O)CC1C(F)(F)F)Cc1csc2ccccc12. The summed E-state index contributed by atoms with van der Waals surface area (Å²) in [4.78, 5) is 27.6. The van der Waals surface area contributed by atoms with Crippen molar-refractivity contribution in [3.63, 3.8) is 0 Å². The Kier molecular flexibility index (Phi) is 5.72. The number of rotatable bonds is 4. The Morgan fingerprint density at radius 2 is 1.90 bits per heavy atom. The van der Waals surface area contributed by atoms with Gasteiger partial charge in [0.25, 0.3) is 0 Å². The van der Waals surface area contributed by atoms with Crippen LogP contribution in [0.5, 0.6) is 0 Å². The molecule has 1 aliphatic heterocycles. The van der Waals surface area contributed by atoms with E-state index in [0.29, 0.717) is 6.54 Å². The molecule has 1 aliphatic rings. The van der Waals surface area contributed by atoms with Crippen molar-refractivity contribution in [2.75, 3.05) is 23.8 Å². The first-order valence-corrected chi connectivity index (χ1v) is 10.5. The molecule has 1 aromatic heterocycles. The zero-order valence-electron chi connectivity index (χ0n) is 16.6. The Morgan fingerprint density at radius 1 is 1.19 bits per heavy atom. The number of benzene rings is 2.